The van der Waals surface area contributed by atoms with E-state index in [4.69, 9.17) is 4.42 Å². The summed E-state index contributed by atoms with van der Waals surface area (Å²) in [5.41, 5.74) is 4.67. The summed E-state index contributed by atoms with van der Waals surface area (Å²) >= 11 is 0. The molecule has 0 bridgehead atoms. The normalized spacial score (nSPS) is 10.7. The number of aryl methyl sites for hydroxylation is 1. The first-order chi connectivity index (χ1) is 14.3. The number of hydrazone groups is 1. The number of furan rings is 1. The smallest absolute Gasteiger partial charge is 0.271 e. The largest absolute Gasteiger partial charge is 0.455 e. The molecule has 0 spiro atoms. The van der Waals surface area contributed by atoms with Crippen LogP contribution in [-0.4, -0.2) is 23.0 Å². The number of nitro benzene ring substituents is 1. The standard InChI is InChI=1S/C21H18N4O5/c1-13-10-17(25(28)29)6-8-19(13)20-9-7-18(30-20)12-22-24-21(27)15-4-3-5-16(11-15)23-14(2)26/h3-12H,1-2H3,(H,23,26)(H,24,27). The van der Waals surface area contributed by atoms with E-state index in [1.165, 1.54) is 31.3 Å². The quantitative estimate of drug-likeness (QED) is 0.365. The fourth-order valence-corrected chi connectivity index (χ4v) is 2.77. The van der Waals surface area contributed by atoms with Gasteiger partial charge in [0, 0.05) is 35.9 Å². The number of hydrogen-bond acceptors (Lipinski definition) is 6. The lowest BCUT2D eigenvalue weighted by atomic mass is 10.1. The molecule has 9 heteroatoms. The Hall–Kier alpha value is -4.27. The Morgan fingerprint density at radius 2 is 1.93 bits per heavy atom. The summed E-state index contributed by atoms with van der Waals surface area (Å²) in [6, 6.07) is 14.3. The van der Waals surface area contributed by atoms with Crippen LogP contribution in [0.25, 0.3) is 11.3 Å². The number of non-ortho nitro benzene ring substituents is 1. The van der Waals surface area contributed by atoms with E-state index in [2.05, 4.69) is 15.8 Å². The van der Waals surface area contributed by atoms with E-state index in [-0.39, 0.29) is 11.6 Å². The highest BCUT2D eigenvalue weighted by molar-refractivity contribution is 5.97. The zero-order valence-corrected chi connectivity index (χ0v) is 16.2. The third-order valence-corrected chi connectivity index (χ3v) is 4.12. The van der Waals surface area contributed by atoms with Crippen LogP contribution in [-0.2, 0) is 4.79 Å². The van der Waals surface area contributed by atoms with Crippen molar-refractivity contribution >= 4 is 29.4 Å². The molecule has 0 atom stereocenters. The van der Waals surface area contributed by atoms with Gasteiger partial charge in [-0.3, -0.25) is 19.7 Å². The van der Waals surface area contributed by atoms with Gasteiger partial charge in [-0.25, -0.2) is 5.43 Å². The second-order valence-electron chi connectivity index (χ2n) is 6.42. The summed E-state index contributed by atoms with van der Waals surface area (Å²) in [5.74, 6) is 0.243. The molecule has 2 amide bonds. The molecule has 2 aromatic carbocycles. The summed E-state index contributed by atoms with van der Waals surface area (Å²) in [4.78, 5) is 33.7. The zero-order chi connectivity index (χ0) is 21.7. The Morgan fingerprint density at radius 3 is 2.63 bits per heavy atom. The number of hydrogen-bond donors (Lipinski definition) is 2. The predicted molar refractivity (Wildman–Crippen MR) is 111 cm³/mol. The molecule has 0 radical (unpaired) electrons. The average Bonchev–Trinajstić information content (AvgIpc) is 3.16. The molecule has 0 aliphatic carbocycles. The third kappa shape index (κ3) is 4.96. The highest BCUT2D eigenvalue weighted by Crippen LogP contribution is 2.28. The number of amides is 2. The maximum Gasteiger partial charge on any atom is 0.271 e. The van der Waals surface area contributed by atoms with E-state index >= 15 is 0 Å². The second kappa shape index (κ2) is 8.82. The Bertz CT molecular complexity index is 1150. The molecule has 3 aromatic rings. The molecule has 30 heavy (non-hydrogen) atoms. The lowest BCUT2D eigenvalue weighted by molar-refractivity contribution is -0.384. The molecule has 0 saturated heterocycles. The fraction of sp³-hybridized carbons (Fsp3) is 0.0952. The van der Waals surface area contributed by atoms with Gasteiger partial charge >= 0.3 is 0 Å². The van der Waals surface area contributed by atoms with Gasteiger partial charge in [-0.15, -0.1) is 0 Å². The van der Waals surface area contributed by atoms with Crippen LogP contribution in [0.15, 0.2) is 64.1 Å². The summed E-state index contributed by atoms with van der Waals surface area (Å²) in [7, 11) is 0. The summed E-state index contributed by atoms with van der Waals surface area (Å²) in [6.45, 7) is 3.14. The van der Waals surface area contributed by atoms with Crippen molar-refractivity contribution in [1.82, 2.24) is 5.43 Å². The minimum atomic E-state index is -0.453. The van der Waals surface area contributed by atoms with Gasteiger partial charge in [0.05, 0.1) is 11.1 Å². The molecule has 0 unspecified atom stereocenters. The van der Waals surface area contributed by atoms with Crippen molar-refractivity contribution in [2.24, 2.45) is 5.10 Å². The van der Waals surface area contributed by atoms with Gasteiger partial charge in [0.25, 0.3) is 11.6 Å². The van der Waals surface area contributed by atoms with Crippen LogP contribution >= 0.6 is 0 Å². The first-order valence-corrected chi connectivity index (χ1v) is 8.90. The van der Waals surface area contributed by atoms with Crippen LogP contribution < -0.4 is 10.7 Å². The highest BCUT2D eigenvalue weighted by Gasteiger charge is 2.12. The van der Waals surface area contributed by atoms with Crippen LogP contribution in [0.3, 0.4) is 0 Å². The molecule has 0 saturated carbocycles. The van der Waals surface area contributed by atoms with Gasteiger partial charge in [0.2, 0.25) is 5.91 Å². The van der Waals surface area contributed by atoms with Crippen LogP contribution in [0.4, 0.5) is 11.4 Å². The van der Waals surface area contributed by atoms with Crippen LogP contribution in [0.2, 0.25) is 0 Å². The van der Waals surface area contributed by atoms with E-state index in [1.54, 1.807) is 43.3 Å². The van der Waals surface area contributed by atoms with Gasteiger partial charge in [0.1, 0.15) is 11.5 Å². The maximum absolute atomic E-state index is 12.2. The van der Waals surface area contributed by atoms with Crippen molar-refractivity contribution in [2.45, 2.75) is 13.8 Å². The van der Waals surface area contributed by atoms with Crippen LogP contribution in [0.1, 0.15) is 28.6 Å². The van der Waals surface area contributed by atoms with E-state index in [0.717, 1.165) is 5.56 Å². The zero-order valence-electron chi connectivity index (χ0n) is 16.2. The minimum absolute atomic E-state index is 0.00915. The first-order valence-electron chi connectivity index (χ1n) is 8.90. The van der Waals surface area contributed by atoms with Gasteiger partial charge in [-0.1, -0.05) is 6.07 Å². The molecule has 9 nitrogen and oxygen atoms in total. The summed E-state index contributed by atoms with van der Waals surface area (Å²) in [6.07, 6.45) is 1.35. The Morgan fingerprint density at radius 1 is 1.13 bits per heavy atom. The number of nitrogens with one attached hydrogen (secondary N) is 2. The van der Waals surface area contributed by atoms with Crippen molar-refractivity contribution in [3.63, 3.8) is 0 Å². The minimum Gasteiger partial charge on any atom is -0.455 e. The number of carbonyl (C=O) groups excluding carboxylic acids is 2. The van der Waals surface area contributed by atoms with Gasteiger partial charge in [-0.05, 0) is 48.9 Å². The maximum atomic E-state index is 12.2. The molecule has 1 heterocycles. The lowest BCUT2D eigenvalue weighted by Crippen LogP contribution is -2.18. The van der Waals surface area contributed by atoms with Crippen LogP contribution in [0.5, 0.6) is 0 Å². The highest BCUT2D eigenvalue weighted by atomic mass is 16.6. The van der Waals surface area contributed by atoms with Crippen molar-refractivity contribution in [3.05, 3.63) is 81.6 Å². The lowest BCUT2D eigenvalue weighted by Gasteiger charge is -2.04. The Kier molecular flexibility index (Phi) is 6.02. The Labute approximate surface area is 171 Å². The van der Waals surface area contributed by atoms with Crippen LogP contribution in [0, 0.1) is 17.0 Å². The number of nitro groups is 1. The predicted octanol–water partition coefficient (Wildman–Crippen LogP) is 3.89. The average molecular weight is 406 g/mol. The van der Waals surface area contributed by atoms with Crippen molar-refractivity contribution in [1.29, 1.82) is 0 Å². The molecule has 0 aliphatic rings. The molecule has 2 N–H and O–H groups in total. The first kappa shape index (κ1) is 20.5. The number of benzene rings is 2. The third-order valence-electron chi connectivity index (χ3n) is 4.12. The molecule has 1 aromatic heterocycles. The molecule has 0 fully saturated rings. The number of carbonyl (C=O) groups is 2. The van der Waals surface area contributed by atoms with E-state index in [0.29, 0.717) is 28.3 Å². The summed E-state index contributed by atoms with van der Waals surface area (Å²) in [5, 5.41) is 17.3. The van der Waals surface area contributed by atoms with E-state index in [9.17, 15) is 19.7 Å². The van der Waals surface area contributed by atoms with Crippen molar-refractivity contribution < 1.29 is 18.9 Å². The van der Waals surface area contributed by atoms with E-state index in [1.807, 2.05) is 0 Å². The number of rotatable bonds is 6. The van der Waals surface area contributed by atoms with Crippen molar-refractivity contribution in [2.75, 3.05) is 5.32 Å². The number of anilines is 1. The SMILES string of the molecule is CC(=O)Nc1cccc(C(=O)NN=Cc2ccc(-c3ccc([N+](=O)[O-])cc3C)o2)c1. The van der Waals surface area contributed by atoms with E-state index < -0.39 is 10.8 Å². The molecule has 0 aliphatic heterocycles. The van der Waals surface area contributed by atoms with Crippen molar-refractivity contribution in [3.8, 4) is 11.3 Å². The monoisotopic (exact) mass is 406 g/mol. The number of nitrogens with zero attached hydrogens (tertiary/aromatic N) is 2. The molecule has 3 rings (SSSR count). The fourth-order valence-electron chi connectivity index (χ4n) is 2.77. The molecular formula is C21H18N4O5. The topological polar surface area (TPSA) is 127 Å². The van der Waals surface area contributed by atoms with Gasteiger partial charge in [-0.2, -0.15) is 5.10 Å². The molecular weight excluding hydrogens is 388 g/mol. The second-order valence-corrected chi connectivity index (χ2v) is 6.42. The summed E-state index contributed by atoms with van der Waals surface area (Å²) < 4.78 is 5.68. The van der Waals surface area contributed by atoms with Gasteiger partial charge in [0.15, 0.2) is 0 Å². The van der Waals surface area contributed by atoms with Gasteiger partial charge < -0.3 is 9.73 Å². The molecule has 152 valence electrons. The Balaban J connectivity index is 1.67.